The first-order valence-corrected chi connectivity index (χ1v) is 6.45. The van der Waals surface area contributed by atoms with Crippen LogP contribution in [-0.2, 0) is 0 Å². The van der Waals surface area contributed by atoms with Crippen LogP contribution in [0.3, 0.4) is 0 Å². The molecule has 0 aliphatic heterocycles. The summed E-state index contributed by atoms with van der Waals surface area (Å²) in [4.78, 5) is 10.8. The van der Waals surface area contributed by atoms with Crippen molar-refractivity contribution < 1.29 is 0 Å². The summed E-state index contributed by atoms with van der Waals surface area (Å²) < 4.78 is 0. The average molecular weight is 236 g/mol. The van der Waals surface area contributed by atoms with Crippen LogP contribution in [0.25, 0.3) is 0 Å². The summed E-state index contributed by atoms with van der Waals surface area (Å²) in [5.74, 6) is 1.57. The molecule has 17 heavy (non-hydrogen) atoms. The van der Waals surface area contributed by atoms with E-state index in [1.807, 2.05) is 6.92 Å². The summed E-state index contributed by atoms with van der Waals surface area (Å²) in [6.07, 6.45) is 5.02. The standard InChI is InChI=1S/C13H24N4/c1-5-7-8-17(10(3)6-2)13-11(4)12(14)15-9-16-13/h9-10H,5-8H2,1-4H3,(H2,14,15,16). The van der Waals surface area contributed by atoms with Gasteiger partial charge >= 0.3 is 0 Å². The van der Waals surface area contributed by atoms with Gasteiger partial charge in [0.05, 0.1) is 0 Å². The highest BCUT2D eigenvalue weighted by Crippen LogP contribution is 2.23. The van der Waals surface area contributed by atoms with E-state index in [0.29, 0.717) is 11.9 Å². The zero-order chi connectivity index (χ0) is 12.8. The second-order valence-electron chi connectivity index (χ2n) is 4.51. The van der Waals surface area contributed by atoms with Gasteiger partial charge in [0.15, 0.2) is 0 Å². The lowest BCUT2D eigenvalue weighted by molar-refractivity contribution is 0.588. The van der Waals surface area contributed by atoms with E-state index in [1.54, 1.807) is 6.33 Å². The van der Waals surface area contributed by atoms with Crippen LogP contribution < -0.4 is 10.6 Å². The highest BCUT2D eigenvalue weighted by molar-refractivity contribution is 5.56. The Labute approximate surface area is 104 Å². The second-order valence-corrected chi connectivity index (χ2v) is 4.51. The molecule has 0 spiro atoms. The molecule has 1 heterocycles. The summed E-state index contributed by atoms with van der Waals surface area (Å²) in [5.41, 5.74) is 6.84. The molecule has 0 saturated heterocycles. The lowest BCUT2D eigenvalue weighted by Crippen LogP contribution is -2.35. The monoisotopic (exact) mass is 236 g/mol. The van der Waals surface area contributed by atoms with E-state index in [0.717, 1.165) is 24.3 Å². The summed E-state index contributed by atoms with van der Waals surface area (Å²) in [7, 11) is 0. The molecule has 1 aromatic rings. The number of aromatic nitrogens is 2. The fourth-order valence-corrected chi connectivity index (χ4v) is 1.83. The van der Waals surface area contributed by atoms with Crippen LogP contribution >= 0.6 is 0 Å². The van der Waals surface area contributed by atoms with Crippen LogP contribution in [0.15, 0.2) is 6.33 Å². The van der Waals surface area contributed by atoms with Gasteiger partial charge in [0, 0.05) is 18.2 Å². The first-order valence-electron chi connectivity index (χ1n) is 6.45. The predicted octanol–water partition coefficient (Wildman–Crippen LogP) is 2.77. The molecule has 0 bridgehead atoms. The predicted molar refractivity (Wildman–Crippen MR) is 73.2 cm³/mol. The Bertz CT molecular complexity index is 351. The highest BCUT2D eigenvalue weighted by atomic mass is 15.2. The van der Waals surface area contributed by atoms with E-state index in [-0.39, 0.29) is 0 Å². The van der Waals surface area contributed by atoms with Crippen molar-refractivity contribution in [3.63, 3.8) is 0 Å². The number of rotatable bonds is 6. The van der Waals surface area contributed by atoms with Crippen LogP contribution in [0.1, 0.15) is 45.6 Å². The van der Waals surface area contributed by atoms with Gasteiger partial charge in [-0.25, -0.2) is 9.97 Å². The number of nitrogens with two attached hydrogens (primary N) is 1. The fraction of sp³-hybridized carbons (Fsp3) is 0.692. The lowest BCUT2D eigenvalue weighted by atomic mass is 10.1. The van der Waals surface area contributed by atoms with Crippen molar-refractivity contribution in [3.05, 3.63) is 11.9 Å². The summed E-state index contributed by atoms with van der Waals surface area (Å²) in [6.45, 7) is 9.65. The maximum atomic E-state index is 5.85. The van der Waals surface area contributed by atoms with Gasteiger partial charge in [0.1, 0.15) is 18.0 Å². The van der Waals surface area contributed by atoms with Crippen molar-refractivity contribution in [1.29, 1.82) is 0 Å². The highest BCUT2D eigenvalue weighted by Gasteiger charge is 2.17. The average Bonchev–Trinajstić information content (AvgIpc) is 2.34. The van der Waals surface area contributed by atoms with Crippen LogP contribution in [0.4, 0.5) is 11.6 Å². The molecule has 2 N–H and O–H groups in total. The minimum Gasteiger partial charge on any atom is -0.383 e. The van der Waals surface area contributed by atoms with E-state index < -0.39 is 0 Å². The Morgan fingerprint density at radius 1 is 1.35 bits per heavy atom. The van der Waals surface area contributed by atoms with Gasteiger partial charge in [-0.05, 0) is 26.7 Å². The van der Waals surface area contributed by atoms with Gasteiger partial charge in [-0.2, -0.15) is 0 Å². The Kier molecular flexibility index (Phi) is 5.19. The van der Waals surface area contributed by atoms with E-state index in [2.05, 4.69) is 35.6 Å². The Morgan fingerprint density at radius 3 is 2.65 bits per heavy atom. The van der Waals surface area contributed by atoms with Crippen LogP contribution in [0.2, 0.25) is 0 Å². The van der Waals surface area contributed by atoms with Gasteiger partial charge in [0.25, 0.3) is 0 Å². The molecule has 4 heteroatoms. The second kappa shape index (κ2) is 6.42. The third-order valence-electron chi connectivity index (χ3n) is 3.24. The number of hydrogen-bond acceptors (Lipinski definition) is 4. The molecule has 0 aliphatic rings. The molecule has 0 saturated carbocycles. The maximum absolute atomic E-state index is 5.85. The minimum atomic E-state index is 0.481. The Morgan fingerprint density at radius 2 is 2.06 bits per heavy atom. The van der Waals surface area contributed by atoms with Gasteiger partial charge < -0.3 is 10.6 Å². The SMILES string of the molecule is CCCCN(c1ncnc(N)c1C)C(C)CC. The molecule has 96 valence electrons. The largest absolute Gasteiger partial charge is 0.383 e. The van der Waals surface area contributed by atoms with Crippen molar-refractivity contribution in [1.82, 2.24) is 9.97 Å². The van der Waals surface area contributed by atoms with Crippen LogP contribution in [0, 0.1) is 6.92 Å². The Balaban J connectivity index is 2.99. The summed E-state index contributed by atoms with van der Waals surface area (Å²) >= 11 is 0. The fourth-order valence-electron chi connectivity index (χ4n) is 1.83. The van der Waals surface area contributed by atoms with Crippen molar-refractivity contribution in [2.45, 2.75) is 53.0 Å². The molecule has 0 amide bonds. The number of unbranched alkanes of at least 4 members (excludes halogenated alkanes) is 1. The Hall–Kier alpha value is -1.32. The zero-order valence-corrected chi connectivity index (χ0v) is 11.4. The smallest absolute Gasteiger partial charge is 0.137 e. The molecule has 4 nitrogen and oxygen atoms in total. The molecule has 1 rings (SSSR count). The van der Waals surface area contributed by atoms with E-state index in [4.69, 9.17) is 5.73 Å². The molecule has 0 fully saturated rings. The quantitative estimate of drug-likeness (QED) is 0.825. The molecular weight excluding hydrogens is 212 g/mol. The molecule has 0 radical (unpaired) electrons. The van der Waals surface area contributed by atoms with Gasteiger partial charge in [0.2, 0.25) is 0 Å². The zero-order valence-electron chi connectivity index (χ0n) is 11.4. The van der Waals surface area contributed by atoms with Crippen LogP contribution in [-0.4, -0.2) is 22.6 Å². The number of nitrogens with zero attached hydrogens (tertiary/aromatic N) is 3. The first-order chi connectivity index (χ1) is 8.11. The van der Waals surface area contributed by atoms with Gasteiger partial charge in [-0.1, -0.05) is 20.3 Å². The van der Waals surface area contributed by atoms with E-state index >= 15 is 0 Å². The molecule has 1 unspecified atom stereocenters. The molecule has 0 aliphatic carbocycles. The van der Waals surface area contributed by atoms with Crippen molar-refractivity contribution in [2.24, 2.45) is 0 Å². The number of anilines is 2. The topological polar surface area (TPSA) is 55.0 Å². The third kappa shape index (κ3) is 3.32. The first kappa shape index (κ1) is 13.7. The maximum Gasteiger partial charge on any atom is 0.137 e. The van der Waals surface area contributed by atoms with Crippen LogP contribution in [0.5, 0.6) is 0 Å². The normalized spacial score (nSPS) is 12.5. The number of hydrogen-bond donors (Lipinski definition) is 1. The molecule has 0 aromatic carbocycles. The van der Waals surface area contributed by atoms with Gasteiger partial charge in [-0.15, -0.1) is 0 Å². The summed E-state index contributed by atoms with van der Waals surface area (Å²) in [6, 6.07) is 0.481. The third-order valence-corrected chi connectivity index (χ3v) is 3.24. The van der Waals surface area contributed by atoms with Crippen molar-refractivity contribution in [2.75, 3.05) is 17.2 Å². The molecule has 1 atom stereocenters. The molecule has 1 aromatic heterocycles. The summed E-state index contributed by atoms with van der Waals surface area (Å²) in [5, 5.41) is 0. The van der Waals surface area contributed by atoms with Crippen molar-refractivity contribution in [3.8, 4) is 0 Å². The molecular formula is C13H24N4. The van der Waals surface area contributed by atoms with E-state index in [9.17, 15) is 0 Å². The minimum absolute atomic E-state index is 0.481. The van der Waals surface area contributed by atoms with Gasteiger partial charge in [-0.3, -0.25) is 0 Å². The lowest BCUT2D eigenvalue weighted by Gasteiger charge is -2.30. The van der Waals surface area contributed by atoms with E-state index in [1.165, 1.54) is 12.8 Å². The number of nitrogen functional groups attached to an aromatic ring is 1. The van der Waals surface area contributed by atoms with Crippen molar-refractivity contribution >= 4 is 11.6 Å².